The lowest BCUT2D eigenvalue weighted by Gasteiger charge is -2.36. The van der Waals surface area contributed by atoms with Crippen molar-refractivity contribution in [3.05, 3.63) is 0 Å². The van der Waals surface area contributed by atoms with Gasteiger partial charge in [0.2, 0.25) is 0 Å². The molecule has 0 radical (unpaired) electrons. The zero-order chi connectivity index (χ0) is 6.97. The zero-order valence-electron chi connectivity index (χ0n) is 5.82. The summed E-state index contributed by atoms with van der Waals surface area (Å²) in [6.07, 6.45) is 2.59. The van der Waals surface area contributed by atoms with E-state index in [9.17, 15) is 5.11 Å². The predicted octanol–water partition coefficient (Wildman–Crippen LogP) is 0.478. The minimum absolute atomic E-state index is 0.0486. The van der Waals surface area contributed by atoms with E-state index >= 15 is 0 Å². The lowest BCUT2D eigenvalue weighted by molar-refractivity contribution is -0.377. The molecule has 0 amide bonds. The van der Waals surface area contributed by atoms with E-state index in [0.29, 0.717) is 12.5 Å². The topological polar surface area (TPSA) is 38.7 Å². The third-order valence-electron chi connectivity index (χ3n) is 2.36. The van der Waals surface area contributed by atoms with Crippen LogP contribution in [0.25, 0.3) is 0 Å². The van der Waals surface area contributed by atoms with E-state index in [2.05, 4.69) is 0 Å². The van der Waals surface area contributed by atoms with Gasteiger partial charge < -0.3 is 5.11 Å². The molecule has 0 aromatic carbocycles. The average Bonchev–Trinajstić information content (AvgIpc) is 1.99. The first-order valence-electron chi connectivity index (χ1n) is 3.82. The summed E-state index contributed by atoms with van der Waals surface area (Å²) >= 11 is 0. The molecule has 1 aliphatic carbocycles. The monoisotopic (exact) mass is 144 g/mol. The van der Waals surface area contributed by atoms with Crippen LogP contribution in [0.15, 0.2) is 0 Å². The minimum Gasteiger partial charge on any atom is -0.390 e. The second kappa shape index (κ2) is 2.49. The molecule has 2 fully saturated rings. The molecule has 3 nitrogen and oxygen atoms in total. The van der Waals surface area contributed by atoms with Crippen LogP contribution >= 0.6 is 0 Å². The van der Waals surface area contributed by atoms with E-state index in [1.54, 1.807) is 0 Å². The Kier molecular flexibility index (Phi) is 1.64. The summed E-state index contributed by atoms with van der Waals surface area (Å²) in [5.74, 6) is 0.627. The van der Waals surface area contributed by atoms with Crippen molar-refractivity contribution in [2.24, 2.45) is 5.92 Å². The third-order valence-corrected chi connectivity index (χ3v) is 2.36. The highest BCUT2D eigenvalue weighted by Gasteiger charge is 2.34. The van der Waals surface area contributed by atoms with Crippen molar-refractivity contribution in [3.63, 3.8) is 0 Å². The highest BCUT2D eigenvalue weighted by molar-refractivity contribution is 4.81. The van der Waals surface area contributed by atoms with Gasteiger partial charge in [-0.2, -0.15) is 0 Å². The Hall–Kier alpha value is -0.120. The third kappa shape index (κ3) is 1.05. The first-order chi connectivity index (χ1) is 4.86. The molecule has 1 aliphatic heterocycles. The second-order valence-electron chi connectivity index (χ2n) is 3.17. The van der Waals surface area contributed by atoms with Crippen molar-refractivity contribution in [1.29, 1.82) is 0 Å². The minimum atomic E-state index is -0.295. The molecule has 1 saturated carbocycles. The van der Waals surface area contributed by atoms with Gasteiger partial charge in [-0.25, -0.2) is 9.78 Å². The van der Waals surface area contributed by atoms with Gasteiger partial charge in [0.15, 0.2) is 0 Å². The van der Waals surface area contributed by atoms with Gasteiger partial charge in [0.25, 0.3) is 0 Å². The van der Waals surface area contributed by atoms with Gasteiger partial charge in [-0.15, -0.1) is 0 Å². The molecule has 2 aliphatic rings. The van der Waals surface area contributed by atoms with E-state index in [1.165, 1.54) is 0 Å². The quantitative estimate of drug-likeness (QED) is 0.502. The van der Waals surface area contributed by atoms with Gasteiger partial charge in [0.05, 0.1) is 12.7 Å². The van der Waals surface area contributed by atoms with Crippen molar-refractivity contribution < 1.29 is 14.9 Å². The number of aliphatic hydroxyl groups is 1. The molecule has 10 heavy (non-hydrogen) atoms. The smallest absolute Gasteiger partial charge is 0.119 e. The molecule has 1 saturated heterocycles. The van der Waals surface area contributed by atoms with Gasteiger partial charge >= 0.3 is 0 Å². The molecule has 1 N–H and O–H groups in total. The van der Waals surface area contributed by atoms with Gasteiger partial charge in [-0.1, -0.05) is 0 Å². The molecule has 58 valence electrons. The van der Waals surface area contributed by atoms with Crippen molar-refractivity contribution in [2.45, 2.75) is 31.5 Å². The maximum atomic E-state index is 9.32. The van der Waals surface area contributed by atoms with Crippen LogP contribution in [-0.2, 0) is 9.78 Å². The molecule has 1 heterocycles. The number of fused-ring (bicyclic) bond motifs is 2. The predicted molar refractivity (Wildman–Crippen MR) is 34.2 cm³/mol. The Morgan fingerprint density at radius 2 is 2.20 bits per heavy atom. The maximum Gasteiger partial charge on any atom is 0.119 e. The summed E-state index contributed by atoms with van der Waals surface area (Å²) in [7, 11) is 0. The molecule has 3 atom stereocenters. The zero-order valence-corrected chi connectivity index (χ0v) is 5.82. The first-order valence-corrected chi connectivity index (χ1v) is 3.82. The van der Waals surface area contributed by atoms with Crippen LogP contribution in [0.2, 0.25) is 0 Å². The summed E-state index contributed by atoms with van der Waals surface area (Å²) < 4.78 is 0. The molecule has 3 unspecified atom stereocenters. The van der Waals surface area contributed by atoms with Gasteiger partial charge in [0, 0.05) is 0 Å². The number of hydrogen-bond donors (Lipinski definition) is 1. The standard InChI is InChI=1S/C7H12O3/c8-6-2-1-5-3-7(6)10-9-4-5/h5-8H,1-4H2. The van der Waals surface area contributed by atoms with Gasteiger partial charge in [-0.3, -0.25) is 0 Å². The van der Waals surface area contributed by atoms with E-state index in [-0.39, 0.29) is 12.2 Å². The fourth-order valence-electron chi connectivity index (χ4n) is 1.67. The number of aliphatic hydroxyl groups excluding tert-OH is 1. The molecule has 2 bridgehead atoms. The molecule has 3 heteroatoms. The van der Waals surface area contributed by atoms with Crippen LogP contribution < -0.4 is 0 Å². The molecule has 0 spiro atoms. The SMILES string of the molecule is OC1CCC2COOC1C2. The maximum absolute atomic E-state index is 9.32. The summed E-state index contributed by atoms with van der Waals surface area (Å²) in [6.45, 7) is 0.712. The average molecular weight is 144 g/mol. The van der Waals surface area contributed by atoms with E-state index < -0.39 is 0 Å². The second-order valence-corrected chi connectivity index (χ2v) is 3.17. The van der Waals surface area contributed by atoms with Crippen LogP contribution in [0, 0.1) is 5.92 Å². The molecule has 0 aromatic rings. The molecule has 0 aromatic heterocycles. The Bertz CT molecular complexity index is 124. The fraction of sp³-hybridized carbons (Fsp3) is 1.00. The summed E-state index contributed by atoms with van der Waals surface area (Å²) in [6, 6.07) is 0. The number of rotatable bonds is 0. The molecular weight excluding hydrogens is 132 g/mol. The Balaban J connectivity index is 2.00. The van der Waals surface area contributed by atoms with Crippen molar-refractivity contribution in [2.75, 3.05) is 6.61 Å². The number of hydrogen-bond acceptors (Lipinski definition) is 3. The first kappa shape index (κ1) is 6.58. The van der Waals surface area contributed by atoms with Gasteiger partial charge in [0.1, 0.15) is 6.10 Å². The summed E-state index contributed by atoms with van der Waals surface area (Å²) in [5, 5.41) is 9.32. The van der Waals surface area contributed by atoms with Crippen LogP contribution in [0.1, 0.15) is 19.3 Å². The van der Waals surface area contributed by atoms with Crippen molar-refractivity contribution in [3.8, 4) is 0 Å². The Morgan fingerprint density at radius 1 is 1.30 bits per heavy atom. The van der Waals surface area contributed by atoms with Crippen molar-refractivity contribution >= 4 is 0 Å². The summed E-state index contributed by atoms with van der Waals surface area (Å²) in [5.41, 5.74) is 0. The van der Waals surface area contributed by atoms with E-state index in [4.69, 9.17) is 9.78 Å². The largest absolute Gasteiger partial charge is 0.390 e. The fourth-order valence-corrected chi connectivity index (χ4v) is 1.67. The van der Waals surface area contributed by atoms with Crippen LogP contribution in [0.4, 0.5) is 0 Å². The summed E-state index contributed by atoms with van der Waals surface area (Å²) in [4.78, 5) is 9.76. The van der Waals surface area contributed by atoms with Crippen LogP contribution in [0.5, 0.6) is 0 Å². The van der Waals surface area contributed by atoms with Crippen LogP contribution in [-0.4, -0.2) is 23.9 Å². The Morgan fingerprint density at radius 3 is 3.00 bits per heavy atom. The van der Waals surface area contributed by atoms with Crippen LogP contribution in [0.3, 0.4) is 0 Å². The van der Waals surface area contributed by atoms with E-state index in [0.717, 1.165) is 19.3 Å². The highest BCUT2D eigenvalue weighted by Crippen LogP contribution is 2.30. The van der Waals surface area contributed by atoms with E-state index in [1.807, 2.05) is 0 Å². The molecule has 2 rings (SSSR count). The Labute approximate surface area is 59.9 Å². The normalized spacial score (nSPS) is 47.1. The molecular formula is C7H12O3. The highest BCUT2D eigenvalue weighted by atomic mass is 17.2. The lowest BCUT2D eigenvalue weighted by atomic mass is 9.85. The van der Waals surface area contributed by atoms with Crippen molar-refractivity contribution in [1.82, 2.24) is 0 Å². The lowest BCUT2D eigenvalue weighted by Crippen LogP contribution is -2.41. The van der Waals surface area contributed by atoms with Gasteiger partial charge in [-0.05, 0) is 25.2 Å².